The Morgan fingerprint density at radius 2 is 1.96 bits per heavy atom. The fourth-order valence-corrected chi connectivity index (χ4v) is 3.79. The standard InChI is InChI=1S/C20H22N2O3S/c1-25-20(24)22-11-9-15-7-8-17(13-16(15)14-22)21-19(23)10-12-26-18-5-3-2-4-6-18/h2-8,13H,9-12,14H2,1H3,(H,21,23). The number of thioether (sulfide) groups is 1. The van der Waals surface area contributed by atoms with E-state index in [2.05, 4.69) is 5.32 Å². The lowest BCUT2D eigenvalue weighted by atomic mass is 9.99. The predicted molar refractivity (Wildman–Crippen MR) is 103 cm³/mol. The van der Waals surface area contributed by atoms with Crippen molar-refractivity contribution in [3.63, 3.8) is 0 Å². The molecular weight excluding hydrogens is 348 g/mol. The van der Waals surface area contributed by atoms with Crippen LogP contribution in [-0.2, 0) is 22.5 Å². The van der Waals surface area contributed by atoms with Gasteiger partial charge in [-0.3, -0.25) is 4.79 Å². The van der Waals surface area contributed by atoms with Gasteiger partial charge in [-0.05, 0) is 41.8 Å². The number of anilines is 1. The first-order valence-corrected chi connectivity index (χ1v) is 9.56. The second-order valence-electron chi connectivity index (χ2n) is 6.08. The minimum Gasteiger partial charge on any atom is -0.453 e. The highest BCUT2D eigenvalue weighted by molar-refractivity contribution is 7.99. The lowest BCUT2D eigenvalue weighted by Gasteiger charge is -2.28. The second-order valence-corrected chi connectivity index (χ2v) is 7.25. The highest BCUT2D eigenvalue weighted by atomic mass is 32.2. The summed E-state index contributed by atoms with van der Waals surface area (Å²) in [5.74, 6) is 0.727. The van der Waals surface area contributed by atoms with Gasteiger partial charge in [0.2, 0.25) is 5.91 Å². The van der Waals surface area contributed by atoms with Crippen LogP contribution < -0.4 is 5.32 Å². The number of hydrogen-bond acceptors (Lipinski definition) is 4. The molecule has 1 aliphatic heterocycles. The van der Waals surface area contributed by atoms with E-state index in [1.54, 1.807) is 16.7 Å². The Morgan fingerprint density at radius 1 is 1.15 bits per heavy atom. The van der Waals surface area contributed by atoms with Crippen LogP contribution in [0.3, 0.4) is 0 Å². The van der Waals surface area contributed by atoms with Crippen LogP contribution in [0.2, 0.25) is 0 Å². The molecule has 1 heterocycles. The summed E-state index contributed by atoms with van der Waals surface area (Å²) in [6.07, 6.45) is 0.931. The third kappa shape index (κ3) is 4.79. The maximum Gasteiger partial charge on any atom is 0.409 e. The fraction of sp³-hybridized carbons (Fsp3) is 0.300. The number of rotatable bonds is 5. The average Bonchev–Trinajstić information content (AvgIpc) is 2.67. The highest BCUT2D eigenvalue weighted by Gasteiger charge is 2.21. The van der Waals surface area contributed by atoms with Gasteiger partial charge < -0.3 is 15.0 Å². The van der Waals surface area contributed by atoms with E-state index in [4.69, 9.17) is 4.74 Å². The van der Waals surface area contributed by atoms with Crippen LogP contribution in [0, 0.1) is 0 Å². The molecule has 1 N–H and O–H groups in total. The van der Waals surface area contributed by atoms with Gasteiger partial charge in [0.25, 0.3) is 0 Å². The van der Waals surface area contributed by atoms with Crippen molar-refractivity contribution < 1.29 is 14.3 Å². The second kappa shape index (κ2) is 8.76. The van der Waals surface area contributed by atoms with E-state index in [0.717, 1.165) is 28.3 Å². The monoisotopic (exact) mass is 370 g/mol. The van der Waals surface area contributed by atoms with Crippen molar-refractivity contribution in [1.82, 2.24) is 4.90 Å². The van der Waals surface area contributed by atoms with Gasteiger partial charge in [-0.25, -0.2) is 4.79 Å². The molecule has 0 unspecified atom stereocenters. The van der Waals surface area contributed by atoms with E-state index in [9.17, 15) is 9.59 Å². The van der Waals surface area contributed by atoms with Crippen LogP contribution in [0.1, 0.15) is 17.5 Å². The molecule has 2 aromatic rings. The fourth-order valence-electron chi connectivity index (χ4n) is 2.92. The van der Waals surface area contributed by atoms with Gasteiger partial charge in [-0.2, -0.15) is 0 Å². The van der Waals surface area contributed by atoms with Gasteiger partial charge in [-0.15, -0.1) is 11.8 Å². The minimum atomic E-state index is -0.317. The first kappa shape index (κ1) is 18.3. The number of methoxy groups -OCH3 is 1. The zero-order chi connectivity index (χ0) is 18.4. The summed E-state index contributed by atoms with van der Waals surface area (Å²) in [6, 6.07) is 16.0. The van der Waals surface area contributed by atoms with Gasteiger partial charge in [0, 0.05) is 35.8 Å². The maximum absolute atomic E-state index is 12.2. The van der Waals surface area contributed by atoms with E-state index >= 15 is 0 Å². The van der Waals surface area contributed by atoms with Crippen LogP contribution in [0.5, 0.6) is 0 Å². The molecule has 0 bridgehead atoms. The van der Waals surface area contributed by atoms with Gasteiger partial charge in [-0.1, -0.05) is 24.3 Å². The molecule has 5 nitrogen and oxygen atoms in total. The Hall–Kier alpha value is -2.47. The van der Waals surface area contributed by atoms with Crippen molar-refractivity contribution in [1.29, 1.82) is 0 Å². The summed E-state index contributed by atoms with van der Waals surface area (Å²) in [7, 11) is 1.39. The SMILES string of the molecule is COC(=O)N1CCc2ccc(NC(=O)CCSc3ccccc3)cc2C1. The lowest BCUT2D eigenvalue weighted by molar-refractivity contribution is -0.115. The molecule has 0 fully saturated rings. The van der Waals surface area contributed by atoms with Gasteiger partial charge in [0.15, 0.2) is 0 Å². The summed E-state index contributed by atoms with van der Waals surface area (Å²) in [5, 5.41) is 2.95. The molecule has 0 radical (unpaired) electrons. The summed E-state index contributed by atoms with van der Waals surface area (Å²) >= 11 is 1.67. The molecule has 0 spiro atoms. The highest BCUT2D eigenvalue weighted by Crippen LogP contribution is 2.23. The number of carbonyl (C=O) groups is 2. The zero-order valence-corrected chi connectivity index (χ0v) is 15.6. The van der Waals surface area contributed by atoms with Crippen LogP contribution in [-0.4, -0.2) is 36.3 Å². The minimum absolute atomic E-state index is 0.00554. The van der Waals surface area contributed by atoms with Crippen molar-refractivity contribution in [2.24, 2.45) is 0 Å². The molecule has 1 aliphatic rings. The quantitative estimate of drug-likeness (QED) is 0.810. The smallest absolute Gasteiger partial charge is 0.409 e. The lowest BCUT2D eigenvalue weighted by Crippen LogP contribution is -2.35. The van der Waals surface area contributed by atoms with E-state index in [1.165, 1.54) is 12.7 Å². The predicted octanol–water partition coefficient (Wildman–Crippen LogP) is 3.93. The molecule has 2 aromatic carbocycles. The number of benzene rings is 2. The first-order valence-electron chi connectivity index (χ1n) is 8.58. The van der Waals surface area contributed by atoms with Crippen molar-refractivity contribution in [3.05, 3.63) is 59.7 Å². The van der Waals surface area contributed by atoms with Crippen molar-refractivity contribution in [2.75, 3.05) is 24.7 Å². The first-order chi connectivity index (χ1) is 12.7. The Kier molecular flexibility index (Phi) is 6.17. The Balaban J connectivity index is 1.53. The maximum atomic E-state index is 12.2. The molecule has 26 heavy (non-hydrogen) atoms. The Morgan fingerprint density at radius 3 is 2.73 bits per heavy atom. The number of carbonyl (C=O) groups excluding carboxylic acids is 2. The van der Waals surface area contributed by atoms with Crippen molar-refractivity contribution in [2.45, 2.75) is 24.3 Å². The van der Waals surface area contributed by atoms with E-state index in [0.29, 0.717) is 19.5 Å². The largest absolute Gasteiger partial charge is 0.453 e. The summed E-state index contributed by atoms with van der Waals surface area (Å²) in [6.45, 7) is 1.16. The number of hydrogen-bond donors (Lipinski definition) is 1. The van der Waals surface area contributed by atoms with Crippen molar-refractivity contribution in [3.8, 4) is 0 Å². The van der Waals surface area contributed by atoms with Crippen LogP contribution >= 0.6 is 11.8 Å². The molecular formula is C20H22N2O3S. The molecule has 0 saturated heterocycles. The van der Waals surface area contributed by atoms with Crippen LogP contribution in [0.15, 0.2) is 53.4 Å². The topological polar surface area (TPSA) is 58.6 Å². The summed E-state index contributed by atoms with van der Waals surface area (Å²) in [4.78, 5) is 26.7. The van der Waals surface area contributed by atoms with Gasteiger partial charge >= 0.3 is 6.09 Å². The number of nitrogens with one attached hydrogen (secondary N) is 1. The molecule has 3 rings (SSSR count). The molecule has 136 valence electrons. The van der Waals surface area contributed by atoms with E-state index < -0.39 is 0 Å². The van der Waals surface area contributed by atoms with Crippen LogP contribution in [0.25, 0.3) is 0 Å². The van der Waals surface area contributed by atoms with Gasteiger partial charge in [0.05, 0.1) is 7.11 Å². The van der Waals surface area contributed by atoms with Crippen LogP contribution in [0.4, 0.5) is 10.5 Å². The molecule has 0 saturated carbocycles. The summed E-state index contributed by atoms with van der Waals surface area (Å²) < 4.78 is 4.80. The van der Waals surface area contributed by atoms with E-state index in [1.807, 2.05) is 48.5 Å². The normalized spacial score (nSPS) is 13.0. The number of nitrogens with zero attached hydrogens (tertiary/aromatic N) is 1. The Labute approximate surface area is 157 Å². The molecule has 6 heteroatoms. The third-order valence-corrected chi connectivity index (χ3v) is 5.29. The zero-order valence-electron chi connectivity index (χ0n) is 14.7. The molecule has 0 aliphatic carbocycles. The van der Waals surface area contributed by atoms with Crippen molar-refractivity contribution >= 4 is 29.4 Å². The molecule has 0 atom stereocenters. The number of amides is 2. The van der Waals surface area contributed by atoms with Gasteiger partial charge in [0.1, 0.15) is 0 Å². The summed E-state index contributed by atoms with van der Waals surface area (Å²) in [5.41, 5.74) is 3.03. The van der Waals surface area contributed by atoms with E-state index in [-0.39, 0.29) is 12.0 Å². The number of ether oxygens (including phenoxy) is 1. The average molecular weight is 370 g/mol. The molecule has 2 amide bonds. The third-order valence-electron chi connectivity index (χ3n) is 4.28. The molecule has 0 aromatic heterocycles. The number of fused-ring (bicyclic) bond motifs is 1. The Bertz CT molecular complexity index is 780.